The van der Waals surface area contributed by atoms with E-state index in [1.54, 1.807) is 6.92 Å². The average molecular weight is 135 g/mol. The maximum absolute atomic E-state index is 10.1. The Balaban J connectivity index is -0.000000180. The normalized spacial score (nSPS) is 6.44. The summed E-state index contributed by atoms with van der Waals surface area (Å²) in [7, 11) is 0. The molecule has 0 saturated heterocycles. The largest absolute Gasteiger partial charge is 0.465 e. The lowest BCUT2D eigenvalue weighted by Gasteiger charge is -1.93. The van der Waals surface area contributed by atoms with Gasteiger partial charge in [0.25, 0.3) is 0 Å². The number of carbonyl (C=O) groups is 1. The van der Waals surface area contributed by atoms with Crippen LogP contribution in [-0.4, -0.2) is 19.1 Å². The summed E-state index contributed by atoms with van der Waals surface area (Å²) in [5.41, 5.74) is 4.88. The number of ether oxygens (including phenoxy) is 1. The van der Waals surface area contributed by atoms with Crippen molar-refractivity contribution in [2.75, 3.05) is 13.2 Å². The molecule has 3 heteroatoms. The highest BCUT2D eigenvalue weighted by Crippen LogP contribution is 1.69. The van der Waals surface area contributed by atoms with Gasteiger partial charge in [-0.2, -0.15) is 0 Å². The van der Waals surface area contributed by atoms with E-state index >= 15 is 0 Å². The molecule has 9 heavy (non-hydrogen) atoms. The van der Waals surface area contributed by atoms with Crippen molar-refractivity contribution in [3.05, 3.63) is 0 Å². The molecule has 0 fully saturated rings. The van der Waals surface area contributed by atoms with Crippen molar-refractivity contribution in [1.29, 1.82) is 0 Å². The van der Waals surface area contributed by atoms with Gasteiger partial charge in [-0.1, -0.05) is 14.9 Å². The highest BCUT2D eigenvalue weighted by atomic mass is 16.5. The first kappa shape index (κ1) is 15.8. The van der Waals surface area contributed by atoms with Gasteiger partial charge < -0.3 is 10.5 Å². The van der Waals surface area contributed by atoms with Gasteiger partial charge in [0, 0.05) is 0 Å². The average Bonchev–Trinajstić information content (AvgIpc) is 1.68. The minimum atomic E-state index is -0.345. The van der Waals surface area contributed by atoms with Crippen molar-refractivity contribution >= 4 is 5.97 Å². The summed E-state index contributed by atoms with van der Waals surface area (Å²) in [6.07, 6.45) is 0. The second-order valence-electron chi connectivity index (χ2n) is 1.01. The lowest BCUT2D eigenvalue weighted by Crippen LogP contribution is -2.16. The molecule has 0 atom stereocenters. The summed E-state index contributed by atoms with van der Waals surface area (Å²) in [4.78, 5) is 10.1. The molecule has 0 amide bonds. The first-order valence-electron chi connectivity index (χ1n) is 2.17. The molecule has 0 heterocycles. The van der Waals surface area contributed by atoms with Crippen LogP contribution >= 0.6 is 0 Å². The van der Waals surface area contributed by atoms with Crippen LogP contribution in [0.25, 0.3) is 0 Å². The van der Waals surface area contributed by atoms with E-state index in [0.29, 0.717) is 6.61 Å². The summed E-state index contributed by atoms with van der Waals surface area (Å²) >= 11 is 0. The van der Waals surface area contributed by atoms with E-state index < -0.39 is 0 Å². The van der Waals surface area contributed by atoms with Gasteiger partial charge in [-0.3, -0.25) is 4.79 Å². The Labute approximate surface area is 57.2 Å². The molecular weight excluding hydrogens is 118 g/mol. The van der Waals surface area contributed by atoms with Crippen LogP contribution in [0.3, 0.4) is 0 Å². The summed E-state index contributed by atoms with van der Waals surface area (Å²) < 4.78 is 4.43. The molecule has 0 spiro atoms. The Morgan fingerprint density at radius 2 is 2.00 bits per heavy atom. The predicted molar refractivity (Wildman–Crippen MR) is 39.1 cm³/mol. The van der Waals surface area contributed by atoms with Crippen LogP contribution < -0.4 is 5.73 Å². The molecule has 0 aliphatic heterocycles. The molecule has 0 bridgehead atoms. The zero-order valence-corrected chi connectivity index (χ0v) is 4.31. The molecule has 0 aliphatic rings. The first-order valence-corrected chi connectivity index (χ1v) is 2.17. The third-order valence-corrected chi connectivity index (χ3v) is 0.472. The van der Waals surface area contributed by atoms with Crippen molar-refractivity contribution in [3.63, 3.8) is 0 Å². The Bertz CT molecular complexity index is 64.1. The second kappa shape index (κ2) is 10.4. The molecule has 58 valence electrons. The van der Waals surface area contributed by atoms with Crippen LogP contribution in [0, 0.1) is 0 Å². The quantitative estimate of drug-likeness (QED) is 0.569. The van der Waals surface area contributed by atoms with E-state index in [9.17, 15) is 4.79 Å². The Morgan fingerprint density at radius 1 is 1.56 bits per heavy atom. The van der Waals surface area contributed by atoms with Gasteiger partial charge in [-0.25, -0.2) is 0 Å². The van der Waals surface area contributed by atoms with E-state index in [4.69, 9.17) is 5.73 Å². The molecule has 0 radical (unpaired) electrons. The lowest BCUT2D eigenvalue weighted by atomic mass is 10.7. The third kappa shape index (κ3) is 11.2. The Kier molecular flexibility index (Phi) is 18.3. The number of esters is 1. The van der Waals surface area contributed by atoms with Crippen LogP contribution in [0.1, 0.15) is 21.8 Å². The molecule has 0 aliphatic carbocycles. The van der Waals surface area contributed by atoms with Gasteiger partial charge >= 0.3 is 5.97 Å². The van der Waals surface area contributed by atoms with Gasteiger partial charge in [0.2, 0.25) is 0 Å². The van der Waals surface area contributed by atoms with Gasteiger partial charge in [0.15, 0.2) is 0 Å². The van der Waals surface area contributed by atoms with Crippen LogP contribution in [0.15, 0.2) is 0 Å². The number of rotatable bonds is 2. The van der Waals surface area contributed by atoms with Crippen molar-refractivity contribution < 1.29 is 9.53 Å². The molecule has 0 aromatic heterocycles. The molecule has 0 aromatic carbocycles. The van der Waals surface area contributed by atoms with E-state index in [-0.39, 0.29) is 27.4 Å². The maximum atomic E-state index is 10.1. The van der Waals surface area contributed by atoms with Crippen molar-refractivity contribution in [2.45, 2.75) is 21.8 Å². The smallest absolute Gasteiger partial charge is 0.319 e. The fourth-order valence-electron chi connectivity index (χ4n) is 0.220. The molecule has 0 unspecified atom stereocenters. The van der Waals surface area contributed by atoms with Crippen molar-refractivity contribution in [3.8, 4) is 0 Å². The Hall–Kier alpha value is -0.570. The summed E-state index contributed by atoms with van der Waals surface area (Å²) in [5, 5.41) is 0. The van der Waals surface area contributed by atoms with Crippen LogP contribution in [0.2, 0.25) is 0 Å². The molecule has 0 saturated carbocycles. The second-order valence-corrected chi connectivity index (χ2v) is 1.01. The fraction of sp³-hybridized carbons (Fsp3) is 0.833. The SMILES string of the molecule is C.C.CCOC(=O)CN. The highest BCUT2D eigenvalue weighted by molar-refractivity contribution is 5.71. The monoisotopic (exact) mass is 135 g/mol. The molecule has 0 aromatic rings. The summed E-state index contributed by atoms with van der Waals surface area (Å²) in [5.74, 6) is -0.345. The molecular formula is C6H17NO2. The minimum absolute atomic E-state index is 0. The van der Waals surface area contributed by atoms with Crippen LogP contribution in [0.4, 0.5) is 0 Å². The van der Waals surface area contributed by atoms with Gasteiger partial charge in [0.1, 0.15) is 0 Å². The highest BCUT2D eigenvalue weighted by Gasteiger charge is 1.91. The zero-order chi connectivity index (χ0) is 5.70. The predicted octanol–water partition coefficient (Wildman–Crippen LogP) is 0.780. The fourth-order valence-corrected chi connectivity index (χ4v) is 0.220. The van der Waals surface area contributed by atoms with E-state index in [1.807, 2.05) is 0 Å². The molecule has 2 N–H and O–H groups in total. The van der Waals surface area contributed by atoms with Crippen molar-refractivity contribution in [1.82, 2.24) is 0 Å². The number of hydrogen-bond acceptors (Lipinski definition) is 3. The maximum Gasteiger partial charge on any atom is 0.319 e. The number of nitrogens with two attached hydrogens (primary N) is 1. The topological polar surface area (TPSA) is 52.3 Å². The first-order chi connectivity index (χ1) is 3.31. The third-order valence-electron chi connectivity index (χ3n) is 0.472. The Morgan fingerprint density at radius 3 is 2.11 bits per heavy atom. The lowest BCUT2D eigenvalue weighted by molar-refractivity contribution is -0.141. The number of hydrogen-bond donors (Lipinski definition) is 1. The van der Waals surface area contributed by atoms with E-state index in [2.05, 4.69) is 4.74 Å². The van der Waals surface area contributed by atoms with Gasteiger partial charge in [-0.05, 0) is 6.92 Å². The van der Waals surface area contributed by atoms with Gasteiger partial charge in [-0.15, -0.1) is 0 Å². The van der Waals surface area contributed by atoms with E-state index in [1.165, 1.54) is 0 Å². The standard InChI is InChI=1S/C4H9NO2.2CH4/c1-2-7-4(6)3-5;;/h2-3,5H2,1H3;2*1H4. The summed E-state index contributed by atoms with van der Waals surface area (Å²) in [6, 6.07) is 0. The van der Waals surface area contributed by atoms with Crippen LogP contribution in [0.5, 0.6) is 0 Å². The number of carbonyl (C=O) groups excluding carboxylic acids is 1. The van der Waals surface area contributed by atoms with Gasteiger partial charge in [0.05, 0.1) is 13.2 Å². The van der Waals surface area contributed by atoms with E-state index in [0.717, 1.165) is 0 Å². The summed E-state index contributed by atoms with van der Waals surface area (Å²) in [6.45, 7) is 2.14. The van der Waals surface area contributed by atoms with Crippen LogP contribution in [-0.2, 0) is 9.53 Å². The minimum Gasteiger partial charge on any atom is -0.465 e. The molecule has 0 rings (SSSR count). The molecule has 3 nitrogen and oxygen atoms in total. The van der Waals surface area contributed by atoms with Crippen molar-refractivity contribution in [2.24, 2.45) is 5.73 Å². The zero-order valence-electron chi connectivity index (χ0n) is 4.31.